The lowest BCUT2D eigenvalue weighted by molar-refractivity contribution is 0.0698. The highest BCUT2D eigenvalue weighted by Crippen LogP contribution is 2.32. The Labute approximate surface area is 92.9 Å². The summed E-state index contributed by atoms with van der Waals surface area (Å²) in [4.78, 5) is 14.3. The standard InChI is InChI=1S/C12H13NO3/c1-6-4-5-8(16-3)11-9(6)10(12(14)15)7(2)13-11/h4-5,13H,1-3H3,(H,14,15). The van der Waals surface area contributed by atoms with Crippen LogP contribution in [0.5, 0.6) is 5.75 Å². The minimum atomic E-state index is -0.917. The van der Waals surface area contributed by atoms with Crippen molar-refractivity contribution in [2.75, 3.05) is 7.11 Å². The summed E-state index contributed by atoms with van der Waals surface area (Å²) >= 11 is 0. The first-order valence-electron chi connectivity index (χ1n) is 4.95. The second-order valence-electron chi connectivity index (χ2n) is 3.76. The van der Waals surface area contributed by atoms with E-state index in [1.54, 1.807) is 14.0 Å². The van der Waals surface area contributed by atoms with Crippen molar-refractivity contribution in [3.05, 3.63) is 29.0 Å². The van der Waals surface area contributed by atoms with Crippen LogP contribution in [0.25, 0.3) is 10.9 Å². The Bertz CT molecular complexity index is 569. The van der Waals surface area contributed by atoms with Gasteiger partial charge in [0.15, 0.2) is 0 Å². The molecule has 16 heavy (non-hydrogen) atoms. The van der Waals surface area contributed by atoms with Crippen molar-refractivity contribution in [1.82, 2.24) is 4.98 Å². The van der Waals surface area contributed by atoms with Crippen LogP contribution < -0.4 is 4.74 Å². The summed E-state index contributed by atoms with van der Waals surface area (Å²) in [7, 11) is 1.57. The Balaban J connectivity index is 2.93. The van der Waals surface area contributed by atoms with Crippen LogP contribution in [-0.2, 0) is 0 Å². The van der Waals surface area contributed by atoms with Crippen molar-refractivity contribution in [2.45, 2.75) is 13.8 Å². The van der Waals surface area contributed by atoms with E-state index in [9.17, 15) is 9.90 Å². The summed E-state index contributed by atoms with van der Waals surface area (Å²) in [6.45, 7) is 3.64. The van der Waals surface area contributed by atoms with E-state index in [2.05, 4.69) is 4.98 Å². The molecule has 84 valence electrons. The maximum Gasteiger partial charge on any atom is 0.338 e. The zero-order chi connectivity index (χ0) is 11.9. The third-order valence-corrected chi connectivity index (χ3v) is 2.75. The summed E-state index contributed by atoms with van der Waals surface area (Å²) < 4.78 is 5.21. The van der Waals surface area contributed by atoms with Crippen LogP contribution in [-0.4, -0.2) is 23.2 Å². The third kappa shape index (κ3) is 1.34. The molecule has 0 saturated heterocycles. The van der Waals surface area contributed by atoms with Crippen molar-refractivity contribution < 1.29 is 14.6 Å². The number of rotatable bonds is 2. The molecule has 0 atom stereocenters. The van der Waals surface area contributed by atoms with E-state index >= 15 is 0 Å². The molecule has 0 bridgehead atoms. The number of hydrogen-bond acceptors (Lipinski definition) is 2. The van der Waals surface area contributed by atoms with Gasteiger partial charge in [-0.3, -0.25) is 0 Å². The van der Waals surface area contributed by atoms with Crippen LogP contribution in [0, 0.1) is 13.8 Å². The highest BCUT2D eigenvalue weighted by molar-refractivity contribution is 6.07. The van der Waals surface area contributed by atoms with E-state index in [0.717, 1.165) is 16.5 Å². The Morgan fingerprint density at radius 3 is 2.62 bits per heavy atom. The number of H-pyrrole nitrogens is 1. The molecular formula is C12H13NO3. The van der Waals surface area contributed by atoms with E-state index in [1.807, 2.05) is 19.1 Å². The molecule has 2 aromatic rings. The van der Waals surface area contributed by atoms with Crippen LogP contribution in [0.15, 0.2) is 12.1 Å². The molecule has 0 aliphatic heterocycles. The molecule has 4 heteroatoms. The number of nitrogens with one attached hydrogen (secondary N) is 1. The average Bonchev–Trinajstić information content (AvgIpc) is 2.57. The molecular weight excluding hydrogens is 206 g/mol. The Morgan fingerprint density at radius 2 is 2.06 bits per heavy atom. The molecule has 2 rings (SSSR count). The lowest BCUT2D eigenvalue weighted by atomic mass is 10.1. The summed E-state index contributed by atoms with van der Waals surface area (Å²) in [6.07, 6.45) is 0. The maximum absolute atomic E-state index is 11.2. The second kappa shape index (κ2) is 3.56. The van der Waals surface area contributed by atoms with Crippen molar-refractivity contribution in [1.29, 1.82) is 0 Å². The Hall–Kier alpha value is -1.97. The van der Waals surface area contributed by atoms with Gasteiger partial charge in [-0.2, -0.15) is 0 Å². The summed E-state index contributed by atoms with van der Waals surface area (Å²) in [6, 6.07) is 3.69. The van der Waals surface area contributed by atoms with E-state index < -0.39 is 5.97 Å². The fraction of sp³-hybridized carbons (Fsp3) is 0.250. The number of aryl methyl sites for hydroxylation is 2. The van der Waals surface area contributed by atoms with Crippen LogP contribution in [0.4, 0.5) is 0 Å². The van der Waals surface area contributed by atoms with Gasteiger partial charge in [-0.1, -0.05) is 6.07 Å². The van der Waals surface area contributed by atoms with Gasteiger partial charge in [0.25, 0.3) is 0 Å². The number of methoxy groups -OCH3 is 1. The fourth-order valence-electron chi connectivity index (χ4n) is 2.01. The molecule has 0 unspecified atom stereocenters. The lowest BCUT2D eigenvalue weighted by Crippen LogP contribution is -1.98. The fourth-order valence-corrected chi connectivity index (χ4v) is 2.01. The highest BCUT2D eigenvalue weighted by atomic mass is 16.5. The number of fused-ring (bicyclic) bond motifs is 1. The van der Waals surface area contributed by atoms with E-state index in [0.29, 0.717) is 17.0 Å². The zero-order valence-corrected chi connectivity index (χ0v) is 9.42. The van der Waals surface area contributed by atoms with Crippen LogP contribution >= 0.6 is 0 Å². The number of carboxylic acids is 1. The second-order valence-corrected chi connectivity index (χ2v) is 3.76. The van der Waals surface area contributed by atoms with E-state index in [4.69, 9.17) is 4.74 Å². The molecule has 0 saturated carbocycles. The zero-order valence-electron chi connectivity index (χ0n) is 9.42. The largest absolute Gasteiger partial charge is 0.495 e. The molecule has 4 nitrogen and oxygen atoms in total. The minimum Gasteiger partial charge on any atom is -0.495 e. The van der Waals surface area contributed by atoms with Crippen LogP contribution in [0.1, 0.15) is 21.6 Å². The van der Waals surface area contributed by atoms with Gasteiger partial charge in [0.1, 0.15) is 5.75 Å². The maximum atomic E-state index is 11.2. The number of aromatic nitrogens is 1. The first-order chi connectivity index (χ1) is 7.56. The van der Waals surface area contributed by atoms with Gasteiger partial charge in [-0.15, -0.1) is 0 Å². The normalized spacial score (nSPS) is 10.7. The predicted molar refractivity (Wildman–Crippen MR) is 61.3 cm³/mol. The summed E-state index contributed by atoms with van der Waals surface area (Å²) in [5.41, 5.74) is 2.65. The molecule has 0 fully saturated rings. The Morgan fingerprint density at radius 1 is 1.38 bits per heavy atom. The van der Waals surface area contributed by atoms with Crippen molar-refractivity contribution >= 4 is 16.9 Å². The molecule has 1 heterocycles. The van der Waals surface area contributed by atoms with Crippen molar-refractivity contribution in [3.63, 3.8) is 0 Å². The third-order valence-electron chi connectivity index (χ3n) is 2.75. The lowest BCUT2D eigenvalue weighted by Gasteiger charge is -2.04. The van der Waals surface area contributed by atoms with Gasteiger partial charge in [0.2, 0.25) is 0 Å². The number of carboxylic acid groups (broad SMARTS) is 1. The summed E-state index contributed by atoms with van der Waals surface area (Å²) in [5, 5.41) is 9.91. The predicted octanol–water partition coefficient (Wildman–Crippen LogP) is 2.49. The quantitative estimate of drug-likeness (QED) is 0.815. The highest BCUT2D eigenvalue weighted by Gasteiger charge is 2.18. The molecule has 0 aliphatic carbocycles. The number of hydrogen-bond donors (Lipinski definition) is 2. The molecule has 0 radical (unpaired) electrons. The molecule has 0 aliphatic rings. The SMILES string of the molecule is COc1ccc(C)c2c(C(=O)O)c(C)[nH]c12. The average molecular weight is 219 g/mol. The van der Waals surface area contributed by atoms with Crippen LogP contribution in [0.2, 0.25) is 0 Å². The van der Waals surface area contributed by atoms with E-state index in [1.165, 1.54) is 0 Å². The topological polar surface area (TPSA) is 62.3 Å². The number of aromatic amines is 1. The van der Waals surface area contributed by atoms with Gasteiger partial charge >= 0.3 is 5.97 Å². The van der Waals surface area contributed by atoms with E-state index in [-0.39, 0.29) is 0 Å². The van der Waals surface area contributed by atoms with Gasteiger partial charge < -0.3 is 14.8 Å². The van der Waals surface area contributed by atoms with Crippen LogP contribution in [0.3, 0.4) is 0 Å². The smallest absolute Gasteiger partial charge is 0.338 e. The minimum absolute atomic E-state index is 0.325. The van der Waals surface area contributed by atoms with Gasteiger partial charge in [0.05, 0.1) is 18.2 Å². The molecule has 2 N–H and O–H groups in total. The van der Waals surface area contributed by atoms with Gasteiger partial charge in [-0.05, 0) is 25.5 Å². The number of carbonyl (C=O) groups is 1. The van der Waals surface area contributed by atoms with Crippen molar-refractivity contribution in [2.24, 2.45) is 0 Å². The van der Waals surface area contributed by atoms with Gasteiger partial charge in [-0.25, -0.2) is 4.79 Å². The first-order valence-corrected chi connectivity index (χ1v) is 4.95. The summed E-state index contributed by atoms with van der Waals surface area (Å²) in [5.74, 6) is -0.253. The first kappa shape index (κ1) is 10.5. The number of aromatic carboxylic acids is 1. The molecule has 0 amide bonds. The Kier molecular flexibility index (Phi) is 2.34. The number of ether oxygens (including phenoxy) is 1. The molecule has 0 spiro atoms. The molecule has 1 aromatic carbocycles. The molecule has 1 aromatic heterocycles. The van der Waals surface area contributed by atoms with Crippen molar-refractivity contribution in [3.8, 4) is 5.75 Å². The van der Waals surface area contributed by atoms with Gasteiger partial charge in [0, 0.05) is 11.1 Å². The monoisotopic (exact) mass is 219 g/mol. The number of benzene rings is 1.